The van der Waals surface area contributed by atoms with Crippen LogP contribution in [0.4, 0.5) is 5.69 Å². The summed E-state index contributed by atoms with van der Waals surface area (Å²) in [4.78, 5) is 12.9. The first-order chi connectivity index (χ1) is 10.1. The van der Waals surface area contributed by atoms with E-state index < -0.39 is 0 Å². The van der Waals surface area contributed by atoms with Gasteiger partial charge in [-0.1, -0.05) is 19.1 Å². The van der Waals surface area contributed by atoms with Crippen molar-refractivity contribution in [2.75, 3.05) is 5.32 Å². The predicted molar refractivity (Wildman–Crippen MR) is 88.5 cm³/mol. The molecule has 0 heterocycles. The lowest BCUT2D eigenvalue weighted by Gasteiger charge is -2.13. The smallest absolute Gasteiger partial charge is 0.255 e. The Hall–Kier alpha value is -1.94. The maximum Gasteiger partial charge on any atom is 0.255 e. The van der Waals surface area contributed by atoms with Crippen molar-refractivity contribution in [2.24, 2.45) is 0 Å². The molecule has 3 nitrogen and oxygen atoms in total. The van der Waals surface area contributed by atoms with Crippen LogP contribution < -0.4 is 10.1 Å². The van der Waals surface area contributed by atoms with Gasteiger partial charge in [0.1, 0.15) is 5.75 Å². The summed E-state index contributed by atoms with van der Waals surface area (Å²) in [6, 6.07) is 14.5. The summed E-state index contributed by atoms with van der Waals surface area (Å²) in [7, 11) is 0. The number of rotatable bonds is 5. The van der Waals surface area contributed by atoms with Gasteiger partial charge in [-0.05, 0) is 43.7 Å². The van der Waals surface area contributed by atoms with E-state index in [1.54, 1.807) is 18.2 Å². The summed E-state index contributed by atoms with van der Waals surface area (Å²) < 4.78 is 5.75. The van der Waals surface area contributed by atoms with Crippen molar-refractivity contribution >= 4 is 24.2 Å². The molecular formula is C17H19NO2S. The average molecular weight is 301 g/mol. The SMILES string of the molecule is CCC(C)Oc1cccc(NC(=O)c2cccc(S)c2)c1. The van der Waals surface area contributed by atoms with E-state index in [4.69, 9.17) is 4.74 Å². The fourth-order valence-electron chi connectivity index (χ4n) is 1.81. The number of carbonyl (C=O) groups is 1. The van der Waals surface area contributed by atoms with E-state index in [0.717, 1.165) is 17.1 Å². The largest absolute Gasteiger partial charge is 0.491 e. The highest BCUT2D eigenvalue weighted by Crippen LogP contribution is 2.20. The summed E-state index contributed by atoms with van der Waals surface area (Å²) >= 11 is 4.24. The van der Waals surface area contributed by atoms with E-state index in [1.807, 2.05) is 37.3 Å². The molecule has 1 N–H and O–H groups in total. The number of hydrogen-bond acceptors (Lipinski definition) is 3. The number of nitrogens with one attached hydrogen (secondary N) is 1. The highest BCUT2D eigenvalue weighted by atomic mass is 32.1. The Balaban J connectivity index is 2.09. The monoisotopic (exact) mass is 301 g/mol. The van der Waals surface area contributed by atoms with Crippen molar-refractivity contribution in [3.05, 3.63) is 54.1 Å². The molecule has 1 amide bonds. The second kappa shape index (κ2) is 7.18. The molecule has 1 atom stereocenters. The van der Waals surface area contributed by atoms with Gasteiger partial charge in [-0.15, -0.1) is 12.6 Å². The number of amides is 1. The molecule has 0 saturated heterocycles. The molecule has 2 aromatic carbocycles. The second-order valence-corrected chi connectivity index (χ2v) is 5.39. The van der Waals surface area contributed by atoms with Gasteiger partial charge in [-0.3, -0.25) is 4.79 Å². The minimum absolute atomic E-state index is 0.150. The van der Waals surface area contributed by atoms with Crippen LogP contribution in [0.3, 0.4) is 0 Å². The van der Waals surface area contributed by atoms with Crippen molar-refractivity contribution in [3.8, 4) is 5.75 Å². The second-order valence-electron chi connectivity index (χ2n) is 4.87. The van der Waals surface area contributed by atoms with Crippen LogP contribution in [0.2, 0.25) is 0 Å². The Morgan fingerprint density at radius 3 is 2.71 bits per heavy atom. The molecule has 0 aliphatic carbocycles. The van der Waals surface area contributed by atoms with Crippen LogP contribution in [0.25, 0.3) is 0 Å². The Morgan fingerprint density at radius 2 is 2.00 bits per heavy atom. The summed E-state index contributed by atoms with van der Waals surface area (Å²) in [5.41, 5.74) is 1.29. The maximum atomic E-state index is 12.2. The Morgan fingerprint density at radius 1 is 1.24 bits per heavy atom. The fraction of sp³-hybridized carbons (Fsp3) is 0.235. The molecule has 0 aliphatic heterocycles. The van der Waals surface area contributed by atoms with E-state index in [9.17, 15) is 4.79 Å². The summed E-state index contributed by atoms with van der Waals surface area (Å²) in [6.45, 7) is 4.09. The Kier molecular flexibility index (Phi) is 5.28. The van der Waals surface area contributed by atoms with Gasteiger partial charge in [0, 0.05) is 22.2 Å². The van der Waals surface area contributed by atoms with Crippen molar-refractivity contribution in [1.29, 1.82) is 0 Å². The first-order valence-corrected chi connectivity index (χ1v) is 7.40. The molecule has 0 aromatic heterocycles. The van der Waals surface area contributed by atoms with Gasteiger partial charge in [0.25, 0.3) is 5.91 Å². The number of carbonyl (C=O) groups excluding carboxylic acids is 1. The van der Waals surface area contributed by atoms with E-state index >= 15 is 0 Å². The van der Waals surface area contributed by atoms with Gasteiger partial charge in [-0.2, -0.15) is 0 Å². The first kappa shape index (κ1) is 15.4. The third kappa shape index (κ3) is 4.53. The molecule has 2 aromatic rings. The topological polar surface area (TPSA) is 38.3 Å². The molecule has 0 spiro atoms. The molecule has 1 unspecified atom stereocenters. The average Bonchev–Trinajstić information content (AvgIpc) is 2.47. The van der Waals surface area contributed by atoms with E-state index in [1.165, 1.54) is 0 Å². The zero-order chi connectivity index (χ0) is 15.2. The van der Waals surface area contributed by atoms with Gasteiger partial charge in [0.2, 0.25) is 0 Å². The molecule has 110 valence electrons. The van der Waals surface area contributed by atoms with Crippen LogP contribution in [0.5, 0.6) is 5.75 Å². The molecule has 0 radical (unpaired) electrons. The lowest BCUT2D eigenvalue weighted by molar-refractivity contribution is 0.102. The lowest BCUT2D eigenvalue weighted by atomic mass is 10.2. The molecule has 2 rings (SSSR count). The van der Waals surface area contributed by atoms with Crippen molar-refractivity contribution in [2.45, 2.75) is 31.3 Å². The number of thiol groups is 1. The van der Waals surface area contributed by atoms with Gasteiger partial charge < -0.3 is 10.1 Å². The molecule has 21 heavy (non-hydrogen) atoms. The van der Waals surface area contributed by atoms with Crippen LogP contribution in [0.15, 0.2) is 53.4 Å². The maximum absolute atomic E-state index is 12.2. The van der Waals surface area contributed by atoms with Crippen molar-refractivity contribution < 1.29 is 9.53 Å². The molecule has 0 aliphatic rings. The number of benzene rings is 2. The van der Waals surface area contributed by atoms with E-state index in [2.05, 4.69) is 24.9 Å². The summed E-state index contributed by atoms with van der Waals surface area (Å²) in [6.07, 6.45) is 1.09. The van der Waals surface area contributed by atoms with E-state index in [-0.39, 0.29) is 12.0 Å². The molecular weight excluding hydrogens is 282 g/mol. The van der Waals surface area contributed by atoms with Gasteiger partial charge in [0.05, 0.1) is 6.10 Å². The summed E-state index contributed by atoms with van der Waals surface area (Å²) in [5, 5.41) is 2.86. The number of anilines is 1. The summed E-state index contributed by atoms with van der Waals surface area (Å²) in [5.74, 6) is 0.594. The zero-order valence-corrected chi connectivity index (χ0v) is 13.1. The van der Waals surface area contributed by atoms with Crippen LogP contribution in [-0.2, 0) is 0 Å². The minimum atomic E-state index is -0.161. The molecule has 0 bridgehead atoms. The first-order valence-electron chi connectivity index (χ1n) is 6.95. The predicted octanol–water partition coefficient (Wildman–Crippen LogP) is 4.40. The highest BCUT2D eigenvalue weighted by molar-refractivity contribution is 7.80. The van der Waals surface area contributed by atoms with E-state index in [0.29, 0.717) is 11.3 Å². The fourth-order valence-corrected chi connectivity index (χ4v) is 2.04. The molecule has 0 saturated carbocycles. The standard InChI is InChI=1S/C17H19NO2S/c1-3-12(2)20-15-8-5-7-14(11-15)18-17(19)13-6-4-9-16(21)10-13/h4-12,21H,3H2,1-2H3,(H,18,19). The third-order valence-corrected chi connectivity index (χ3v) is 3.39. The normalized spacial score (nSPS) is 11.8. The number of ether oxygens (including phenoxy) is 1. The van der Waals surface area contributed by atoms with Crippen LogP contribution >= 0.6 is 12.6 Å². The van der Waals surface area contributed by atoms with Gasteiger partial charge in [-0.25, -0.2) is 0 Å². The van der Waals surface area contributed by atoms with Gasteiger partial charge >= 0.3 is 0 Å². The van der Waals surface area contributed by atoms with Crippen LogP contribution in [0.1, 0.15) is 30.6 Å². The van der Waals surface area contributed by atoms with Crippen molar-refractivity contribution in [1.82, 2.24) is 0 Å². The van der Waals surface area contributed by atoms with Gasteiger partial charge in [0.15, 0.2) is 0 Å². The zero-order valence-electron chi connectivity index (χ0n) is 12.2. The Labute approximate surface area is 130 Å². The third-order valence-electron chi connectivity index (χ3n) is 3.11. The molecule has 4 heteroatoms. The number of hydrogen-bond donors (Lipinski definition) is 2. The Bertz CT molecular complexity index is 628. The lowest BCUT2D eigenvalue weighted by Crippen LogP contribution is -2.13. The van der Waals surface area contributed by atoms with Crippen LogP contribution in [0, 0.1) is 0 Å². The quantitative estimate of drug-likeness (QED) is 0.803. The minimum Gasteiger partial charge on any atom is -0.491 e. The highest BCUT2D eigenvalue weighted by Gasteiger charge is 2.07. The van der Waals surface area contributed by atoms with Crippen LogP contribution in [-0.4, -0.2) is 12.0 Å². The molecule has 0 fully saturated rings. The van der Waals surface area contributed by atoms with Crippen molar-refractivity contribution in [3.63, 3.8) is 0 Å².